The molecule has 2 aromatic rings. The third-order valence-electron chi connectivity index (χ3n) is 4.09. The summed E-state index contributed by atoms with van der Waals surface area (Å²) in [5, 5.41) is 3.54. The molecule has 1 aliphatic rings. The number of likely N-dealkylation sites (tertiary alicyclic amines) is 1. The van der Waals surface area contributed by atoms with Gasteiger partial charge in [-0.3, -0.25) is 4.40 Å². The Bertz CT molecular complexity index is 755. The zero-order valence-corrected chi connectivity index (χ0v) is 16.4. The van der Waals surface area contributed by atoms with Crippen LogP contribution in [0.2, 0.25) is 0 Å². The van der Waals surface area contributed by atoms with Crippen LogP contribution in [0.25, 0.3) is 5.65 Å². The number of piperidine rings is 1. The molecule has 1 amide bonds. The highest BCUT2D eigenvalue weighted by atomic mass is 79.9. The highest BCUT2D eigenvalue weighted by Gasteiger charge is 2.27. The van der Waals surface area contributed by atoms with E-state index in [2.05, 4.69) is 31.2 Å². The average molecular weight is 410 g/mol. The van der Waals surface area contributed by atoms with E-state index in [4.69, 9.17) is 4.74 Å². The van der Waals surface area contributed by atoms with Crippen molar-refractivity contribution in [3.63, 3.8) is 0 Å². The maximum Gasteiger partial charge on any atom is 0.410 e. The monoisotopic (exact) mass is 409 g/mol. The van der Waals surface area contributed by atoms with Gasteiger partial charge >= 0.3 is 6.09 Å². The first kappa shape index (κ1) is 18.1. The molecule has 136 valence electrons. The number of carbonyl (C=O) groups excluding carboxylic acids is 1. The molecule has 0 aromatic carbocycles. The number of fused-ring (bicyclic) bond motifs is 1. The van der Waals surface area contributed by atoms with Crippen LogP contribution in [0.3, 0.4) is 0 Å². The predicted molar refractivity (Wildman–Crippen MR) is 98.4 cm³/mol. The lowest BCUT2D eigenvalue weighted by Crippen LogP contribution is -2.49. The topological polar surface area (TPSA) is 71.8 Å². The van der Waals surface area contributed by atoms with Crippen LogP contribution in [0, 0.1) is 0 Å². The van der Waals surface area contributed by atoms with E-state index < -0.39 is 5.60 Å². The summed E-state index contributed by atoms with van der Waals surface area (Å²) in [7, 11) is 0. The molecule has 0 bridgehead atoms. The lowest BCUT2D eigenvalue weighted by Gasteiger charge is -2.34. The second-order valence-electron chi connectivity index (χ2n) is 7.33. The number of carbonyl (C=O) groups is 1. The standard InChI is InChI=1S/C17H24BrN5O2/c1-17(2,3)25-16(24)22-6-4-5-12(10-22)19-7-13-8-21-15-9-20-14(18)11-23(13)15/h8-9,11-12,19H,4-7,10H2,1-3H3. The predicted octanol–water partition coefficient (Wildman–Crippen LogP) is 2.98. The summed E-state index contributed by atoms with van der Waals surface area (Å²) in [5.74, 6) is 0. The van der Waals surface area contributed by atoms with Crippen molar-refractivity contribution in [3.8, 4) is 0 Å². The van der Waals surface area contributed by atoms with E-state index >= 15 is 0 Å². The van der Waals surface area contributed by atoms with Crippen LogP contribution < -0.4 is 5.32 Å². The molecule has 8 heteroatoms. The molecular weight excluding hydrogens is 386 g/mol. The van der Waals surface area contributed by atoms with Gasteiger partial charge in [0.15, 0.2) is 5.65 Å². The molecule has 0 radical (unpaired) electrons. The lowest BCUT2D eigenvalue weighted by atomic mass is 10.1. The zero-order valence-electron chi connectivity index (χ0n) is 14.8. The van der Waals surface area contributed by atoms with Gasteiger partial charge in [-0.25, -0.2) is 14.8 Å². The van der Waals surface area contributed by atoms with Gasteiger partial charge in [0, 0.05) is 31.9 Å². The summed E-state index contributed by atoms with van der Waals surface area (Å²) < 4.78 is 8.26. The fourth-order valence-corrected chi connectivity index (χ4v) is 3.24. The third kappa shape index (κ3) is 4.70. The second-order valence-corrected chi connectivity index (χ2v) is 8.15. The highest BCUT2D eigenvalue weighted by Crippen LogP contribution is 2.16. The first-order valence-electron chi connectivity index (χ1n) is 8.50. The fraction of sp³-hybridized carbons (Fsp3) is 0.588. The minimum atomic E-state index is -0.463. The number of hydrogen-bond donors (Lipinski definition) is 1. The van der Waals surface area contributed by atoms with Crippen LogP contribution in [-0.2, 0) is 11.3 Å². The quantitative estimate of drug-likeness (QED) is 0.843. The van der Waals surface area contributed by atoms with Crippen LogP contribution in [0.1, 0.15) is 39.3 Å². The highest BCUT2D eigenvalue weighted by molar-refractivity contribution is 9.10. The Morgan fingerprint density at radius 1 is 1.40 bits per heavy atom. The van der Waals surface area contributed by atoms with Crippen LogP contribution >= 0.6 is 15.9 Å². The molecule has 25 heavy (non-hydrogen) atoms. The van der Waals surface area contributed by atoms with Gasteiger partial charge in [-0.1, -0.05) is 0 Å². The Balaban J connectivity index is 1.59. The van der Waals surface area contributed by atoms with Crippen molar-refractivity contribution in [1.82, 2.24) is 24.6 Å². The largest absolute Gasteiger partial charge is 0.444 e. The van der Waals surface area contributed by atoms with E-state index in [-0.39, 0.29) is 12.1 Å². The van der Waals surface area contributed by atoms with Crippen molar-refractivity contribution < 1.29 is 9.53 Å². The molecular formula is C17H24BrN5O2. The molecule has 0 spiro atoms. The summed E-state index contributed by atoms with van der Waals surface area (Å²) in [6, 6.07) is 0.247. The molecule has 3 heterocycles. The molecule has 1 aliphatic heterocycles. The third-order valence-corrected chi connectivity index (χ3v) is 4.50. The number of halogens is 1. The van der Waals surface area contributed by atoms with Gasteiger partial charge in [-0.05, 0) is 49.5 Å². The van der Waals surface area contributed by atoms with E-state index in [9.17, 15) is 4.79 Å². The molecule has 1 fully saturated rings. The number of nitrogens with one attached hydrogen (secondary N) is 1. The maximum absolute atomic E-state index is 12.3. The minimum absolute atomic E-state index is 0.233. The second kappa shape index (κ2) is 7.29. The van der Waals surface area contributed by atoms with Gasteiger partial charge in [-0.2, -0.15) is 0 Å². The van der Waals surface area contributed by atoms with Crippen LogP contribution in [0.5, 0.6) is 0 Å². The fourth-order valence-electron chi connectivity index (χ4n) is 2.93. The van der Waals surface area contributed by atoms with Gasteiger partial charge in [0.25, 0.3) is 0 Å². The Morgan fingerprint density at radius 2 is 2.20 bits per heavy atom. The minimum Gasteiger partial charge on any atom is -0.444 e. The first-order chi connectivity index (χ1) is 11.8. The Hall–Kier alpha value is -1.67. The summed E-state index contributed by atoms with van der Waals surface area (Å²) in [4.78, 5) is 22.6. The van der Waals surface area contributed by atoms with Crippen LogP contribution in [-0.4, -0.2) is 50.1 Å². The van der Waals surface area contributed by atoms with Gasteiger partial charge in [0.1, 0.15) is 10.2 Å². The number of imidazole rings is 1. The van der Waals surface area contributed by atoms with Crippen molar-refractivity contribution >= 4 is 27.7 Å². The van der Waals surface area contributed by atoms with Crippen molar-refractivity contribution in [2.45, 2.75) is 51.8 Å². The van der Waals surface area contributed by atoms with E-state index in [1.807, 2.05) is 37.6 Å². The van der Waals surface area contributed by atoms with Crippen molar-refractivity contribution in [2.75, 3.05) is 13.1 Å². The Kier molecular flexibility index (Phi) is 5.29. The Labute approximate surface area is 155 Å². The molecule has 0 aliphatic carbocycles. The lowest BCUT2D eigenvalue weighted by molar-refractivity contribution is 0.0187. The summed E-state index contributed by atoms with van der Waals surface area (Å²) in [6.45, 7) is 7.77. The zero-order chi connectivity index (χ0) is 18.0. The SMILES string of the molecule is CC(C)(C)OC(=O)N1CCCC(NCc2cnc3cnc(Br)cn23)C1. The van der Waals surface area contributed by atoms with Crippen molar-refractivity contribution in [1.29, 1.82) is 0 Å². The number of nitrogens with zero attached hydrogens (tertiary/aromatic N) is 4. The summed E-state index contributed by atoms with van der Waals surface area (Å²) in [5.41, 5.74) is 1.42. The summed E-state index contributed by atoms with van der Waals surface area (Å²) >= 11 is 3.39. The molecule has 7 nitrogen and oxygen atoms in total. The van der Waals surface area contributed by atoms with E-state index in [0.717, 1.165) is 35.3 Å². The molecule has 1 unspecified atom stereocenters. The van der Waals surface area contributed by atoms with E-state index in [1.54, 1.807) is 11.1 Å². The number of hydrogen-bond acceptors (Lipinski definition) is 5. The normalized spacial score (nSPS) is 18.6. The molecule has 2 aromatic heterocycles. The number of ether oxygens (including phenoxy) is 1. The molecule has 1 atom stereocenters. The summed E-state index contributed by atoms with van der Waals surface area (Å²) in [6.07, 6.45) is 7.28. The average Bonchev–Trinajstić information content (AvgIpc) is 2.94. The van der Waals surface area contributed by atoms with Crippen LogP contribution in [0.4, 0.5) is 4.79 Å². The van der Waals surface area contributed by atoms with Crippen LogP contribution in [0.15, 0.2) is 23.2 Å². The Morgan fingerprint density at radius 3 is 2.96 bits per heavy atom. The van der Waals surface area contributed by atoms with Crippen molar-refractivity contribution in [2.24, 2.45) is 0 Å². The maximum atomic E-state index is 12.3. The first-order valence-corrected chi connectivity index (χ1v) is 9.30. The van der Waals surface area contributed by atoms with Gasteiger partial charge in [-0.15, -0.1) is 0 Å². The molecule has 3 rings (SSSR count). The number of amides is 1. The smallest absolute Gasteiger partial charge is 0.410 e. The van der Waals surface area contributed by atoms with Gasteiger partial charge in [0.05, 0.1) is 18.1 Å². The number of rotatable bonds is 3. The van der Waals surface area contributed by atoms with E-state index in [1.165, 1.54) is 0 Å². The van der Waals surface area contributed by atoms with Gasteiger partial charge < -0.3 is 15.0 Å². The van der Waals surface area contributed by atoms with E-state index in [0.29, 0.717) is 13.1 Å². The number of aromatic nitrogens is 3. The van der Waals surface area contributed by atoms with Crippen molar-refractivity contribution in [3.05, 3.63) is 28.9 Å². The van der Waals surface area contributed by atoms with Gasteiger partial charge in [0.2, 0.25) is 0 Å². The molecule has 0 saturated carbocycles. The molecule has 1 saturated heterocycles. The molecule has 1 N–H and O–H groups in total.